The summed E-state index contributed by atoms with van der Waals surface area (Å²) < 4.78 is 0. The second kappa shape index (κ2) is 5.89. The van der Waals surface area contributed by atoms with E-state index in [9.17, 15) is 0 Å². The van der Waals surface area contributed by atoms with Crippen molar-refractivity contribution in [1.29, 1.82) is 0 Å². The lowest BCUT2D eigenvalue weighted by Crippen LogP contribution is -2.15. The van der Waals surface area contributed by atoms with Gasteiger partial charge in [0.05, 0.1) is 0 Å². The van der Waals surface area contributed by atoms with E-state index >= 15 is 0 Å². The Hall–Kier alpha value is -1.80. The number of hydrogen-bond donors (Lipinski definition) is 2. The SMILES string of the molecule is c1ccc(CNCc2ccc3c(c2)CCCN3)cc1. The van der Waals surface area contributed by atoms with Gasteiger partial charge in [-0.05, 0) is 35.6 Å². The van der Waals surface area contributed by atoms with Crippen LogP contribution in [0.15, 0.2) is 48.5 Å². The number of nitrogens with one attached hydrogen (secondary N) is 2. The van der Waals surface area contributed by atoms with Crippen molar-refractivity contribution in [2.24, 2.45) is 0 Å². The van der Waals surface area contributed by atoms with Crippen molar-refractivity contribution < 1.29 is 0 Å². The molecule has 0 saturated heterocycles. The van der Waals surface area contributed by atoms with Crippen molar-refractivity contribution >= 4 is 5.69 Å². The van der Waals surface area contributed by atoms with Crippen LogP contribution < -0.4 is 10.6 Å². The maximum absolute atomic E-state index is 3.50. The summed E-state index contributed by atoms with van der Waals surface area (Å²) in [4.78, 5) is 0. The average Bonchev–Trinajstić information content (AvgIpc) is 2.48. The summed E-state index contributed by atoms with van der Waals surface area (Å²) in [6.45, 7) is 2.97. The Kier molecular flexibility index (Phi) is 3.80. The molecule has 1 aliphatic heterocycles. The first kappa shape index (κ1) is 12.2. The third-order valence-electron chi connectivity index (χ3n) is 3.61. The van der Waals surface area contributed by atoms with E-state index in [0.717, 1.165) is 19.6 Å². The van der Waals surface area contributed by atoms with Crippen molar-refractivity contribution in [3.8, 4) is 0 Å². The zero-order valence-corrected chi connectivity index (χ0v) is 11.2. The number of benzene rings is 2. The minimum absolute atomic E-state index is 0.927. The van der Waals surface area contributed by atoms with E-state index in [1.165, 1.54) is 35.2 Å². The number of anilines is 1. The quantitative estimate of drug-likeness (QED) is 0.872. The maximum atomic E-state index is 3.50. The van der Waals surface area contributed by atoms with Crippen LogP contribution in [-0.2, 0) is 19.5 Å². The standard InChI is InChI=1S/C17H20N2/c1-2-5-14(6-3-1)12-18-13-15-8-9-17-16(11-15)7-4-10-19-17/h1-3,5-6,8-9,11,18-19H,4,7,10,12-13H2. The zero-order chi connectivity index (χ0) is 12.9. The minimum atomic E-state index is 0.927. The van der Waals surface area contributed by atoms with Crippen LogP contribution in [0.25, 0.3) is 0 Å². The number of hydrogen-bond acceptors (Lipinski definition) is 2. The van der Waals surface area contributed by atoms with Crippen LogP contribution in [-0.4, -0.2) is 6.54 Å². The predicted octanol–water partition coefficient (Wildman–Crippen LogP) is 3.33. The highest BCUT2D eigenvalue weighted by atomic mass is 14.9. The van der Waals surface area contributed by atoms with Gasteiger partial charge < -0.3 is 10.6 Å². The first-order valence-electron chi connectivity index (χ1n) is 7.02. The van der Waals surface area contributed by atoms with Gasteiger partial charge in [-0.15, -0.1) is 0 Å². The van der Waals surface area contributed by atoms with Gasteiger partial charge in [-0.2, -0.15) is 0 Å². The summed E-state index contributed by atoms with van der Waals surface area (Å²) in [7, 11) is 0. The van der Waals surface area contributed by atoms with Crippen molar-refractivity contribution in [2.75, 3.05) is 11.9 Å². The molecule has 2 nitrogen and oxygen atoms in total. The molecule has 0 unspecified atom stereocenters. The molecule has 0 aliphatic carbocycles. The first-order valence-corrected chi connectivity index (χ1v) is 7.02. The lowest BCUT2D eigenvalue weighted by molar-refractivity contribution is 0.691. The van der Waals surface area contributed by atoms with E-state index in [1.54, 1.807) is 0 Å². The Labute approximate surface area is 114 Å². The lowest BCUT2D eigenvalue weighted by Gasteiger charge is -2.18. The summed E-state index contributed by atoms with van der Waals surface area (Å²) in [5.74, 6) is 0. The molecule has 0 fully saturated rings. The van der Waals surface area contributed by atoms with Gasteiger partial charge in [-0.1, -0.05) is 42.5 Å². The molecule has 0 aromatic heterocycles. The van der Waals surface area contributed by atoms with Crippen molar-refractivity contribution in [3.05, 3.63) is 65.2 Å². The van der Waals surface area contributed by atoms with E-state index in [-0.39, 0.29) is 0 Å². The smallest absolute Gasteiger partial charge is 0.0372 e. The van der Waals surface area contributed by atoms with E-state index in [1.807, 2.05) is 0 Å². The molecule has 1 aliphatic rings. The van der Waals surface area contributed by atoms with Crippen LogP contribution in [0.1, 0.15) is 23.1 Å². The maximum Gasteiger partial charge on any atom is 0.0372 e. The highest BCUT2D eigenvalue weighted by Crippen LogP contribution is 2.22. The van der Waals surface area contributed by atoms with Crippen LogP contribution in [0, 0.1) is 0 Å². The van der Waals surface area contributed by atoms with Crippen LogP contribution >= 0.6 is 0 Å². The number of rotatable bonds is 4. The molecular formula is C17H20N2. The molecular weight excluding hydrogens is 232 g/mol. The molecule has 2 N–H and O–H groups in total. The summed E-state index contributed by atoms with van der Waals surface area (Å²) in [6, 6.07) is 17.3. The average molecular weight is 252 g/mol. The third-order valence-corrected chi connectivity index (χ3v) is 3.61. The largest absolute Gasteiger partial charge is 0.385 e. The Morgan fingerprint density at radius 2 is 1.79 bits per heavy atom. The van der Waals surface area contributed by atoms with Gasteiger partial charge >= 0.3 is 0 Å². The van der Waals surface area contributed by atoms with Gasteiger partial charge in [0, 0.05) is 25.3 Å². The van der Waals surface area contributed by atoms with Crippen LogP contribution in [0.4, 0.5) is 5.69 Å². The molecule has 0 atom stereocenters. The van der Waals surface area contributed by atoms with Gasteiger partial charge in [-0.25, -0.2) is 0 Å². The fraction of sp³-hybridized carbons (Fsp3) is 0.294. The van der Waals surface area contributed by atoms with Crippen LogP contribution in [0.2, 0.25) is 0 Å². The Bertz CT molecular complexity index is 534. The van der Waals surface area contributed by atoms with Gasteiger partial charge in [0.15, 0.2) is 0 Å². The van der Waals surface area contributed by atoms with Gasteiger partial charge in [0.25, 0.3) is 0 Å². The molecule has 2 aromatic rings. The highest BCUT2D eigenvalue weighted by Gasteiger charge is 2.08. The van der Waals surface area contributed by atoms with Gasteiger partial charge in [0.2, 0.25) is 0 Å². The summed E-state index contributed by atoms with van der Waals surface area (Å²) in [5, 5.41) is 6.96. The fourth-order valence-corrected chi connectivity index (χ4v) is 2.59. The summed E-state index contributed by atoms with van der Waals surface area (Å²) >= 11 is 0. The normalized spacial score (nSPS) is 13.7. The van der Waals surface area contributed by atoms with Gasteiger partial charge in [0.1, 0.15) is 0 Å². The minimum Gasteiger partial charge on any atom is -0.385 e. The zero-order valence-electron chi connectivity index (χ0n) is 11.2. The number of fused-ring (bicyclic) bond motifs is 1. The van der Waals surface area contributed by atoms with Crippen molar-refractivity contribution in [1.82, 2.24) is 5.32 Å². The topological polar surface area (TPSA) is 24.1 Å². The molecule has 0 spiro atoms. The monoisotopic (exact) mass is 252 g/mol. The summed E-state index contributed by atoms with van der Waals surface area (Å²) in [6.07, 6.45) is 2.45. The van der Waals surface area contributed by atoms with E-state index in [2.05, 4.69) is 59.2 Å². The highest BCUT2D eigenvalue weighted by molar-refractivity contribution is 5.54. The molecule has 0 bridgehead atoms. The third kappa shape index (κ3) is 3.15. The number of aryl methyl sites for hydroxylation is 1. The molecule has 98 valence electrons. The van der Waals surface area contributed by atoms with Crippen molar-refractivity contribution in [2.45, 2.75) is 25.9 Å². The molecule has 0 saturated carbocycles. The van der Waals surface area contributed by atoms with Gasteiger partial charge in [-0.3, -0.25) is 0 Å². The second-order valence-electron chi connectivity index (χ2n) is 5.11. The molecule has 1 heterocycles. The van der Waals surface area contributed by atoms with E-state index in [4.69, 9.17) is 0 Å². The fourth-order valence-electron chi connectivity index (χ4n) is 2.59. The van der Waals surface area contributed by atoms with E-state index < -0.39 is 0 Å². The van der Waals surface area contributed by atoms with Crippen LogP contribution in [0.3, 0.4) is 0 Å². The van der Waals surface area contributed by atoms with Crippen LogP contribution in [0.5, 0.6) is 0 Å². The molecule has 0 amide bonds. The predicted molar refractivity (Wildman–Crippen MR) is 80.2 cm³/mol. The Balaban J connectivity index is 1.58. The Morgan fingerprint density at radius 1 is 0.947 bits per heavy atom. The molecule has 2 aromatic carbocycles. The lowest BCUT2D eigenvalue weighted by atomic mass is 10.0. The molecule has 3 rings (SSSR count). The Morgan fingerprint density at radius 3 is 2.68 bits per heavy atom. The first-order chi connectivity index (χ1) is 9.42. The van der Waals surface area contributed by atoms with E-state index in [0.29, 0.717) is 0 Å². The molecule has 0 radical (unpaired) electrons. The second-order valence-corrected chi connectivity index (χ2v) is 5.11. The van der Waals surface area contributed by atoms with Crippen molar-refractivity contribution in [3.63, 3.8) is 0 Å². The summed E-state index contributed by atoms with van der Waals surface area (Å²) in [5.41, 5.74) is 5.49. The molecule has 2 heteroatoms. The molecule has 19 heavy (non-hydrogen) atoms.